The third kappa shape index (κ3) is 4.82. The predicted molar refractivity (Wildman–Crippen MR) is 110 cm³/mol. The van der Waals surface area contributed by atoms with Crippen LogP contribution in [0.2, 0.25) is 0 Å². The average Bonchev–Trinajstić information content (AvgIpc) is 2.77. The van der Waals surface area contributed by atoms with Crippen LogP contribution in [0, 0.1) is 10.1 Å². The molecule has 0 saturated carbocycles. The third-order valence-electron chi connectivity index (χ3n) is 5.20. The molecule has 30 heavy (non-hydrogen) atoms. The van der Waals surface area contributed by atoms with E-state index in [0.29, 0.717) is 25.8 Å². The minimum absolute atomic E-state index is 0.0519. The third-order valence-corrected chi connectivity index (χ3v) is 7.12. The number of carbonyl (C=O) groups excluding carboxylic acids is 1. The molecule has 10 heteroatoms. The molecule has 1 fully saturated rings. The first-order valence-electron chi connectivity index (χ1n) is 9.72. The number of aromatic nitrogens is 1. The molecule has 1 aliphatic heterocycles. The molecular formula is C20H24N4O5S. The molecule has 0 bridgehead atoms. The number of piperidine rings is 1. The van der Waals surface area contributed by atoms with Gasteiger partial charge in [-0.15, -0.1) is 0 Å². The van der Waals surface area contributed by atoms with E-state index in [9.17, 15) is 23.3 Å². The number of carbonyl (C=O) groups is 1. The molecule has 1 aromatic carbocycles. The monoisotopic (exact) mass is 432 g/mol. The molecule has 160 valence electrons. The Labute approximate surface area is 175 Å². The smallest absolute Gasteiger partial charge is 0.269 e. The van der Waals surface area contributed by atoms with Crippen LogP contribution in [0.25, 0.3) is 0 Å². The van der Waals surface area contributed by atoms with Gasteiger partial charge in [0.1, 0.15) is 6.04 Å². The fourth-order valence-corrected chi connectivity index (χ4v) is 5.16. The number of pyridine rings is 1. The van der Waals surface area contributed by atoms with E-state index in [-0.39, 0.29) is 23.0 Å². The van der Waals surface area contributed by atoms with Gasteiger partial charge in [-0.1, -0.05) is 12.5 Å². The number of nitro groups is 1. The molecule has 1 aromatic heterocycles. The van der Waals surface area contributed by atoms with Gasteiger partial charge in [0.05, 0.1) is 9.82 Å². The zero-order valence-electron chi connectivity index (χ0n) is 16.7. The molecule has 1 unspecified atom stereocenters. The van der Waals surface area contributed by atoms with Crippen molar-refractivity contribution in [3.63, 3.8) is 0 Å². The first-order valence-corrected chi connectivity index (χ1v) is 11.2. The molecule has 0 spiro atoms. The number of benzene rings is 1. The number of hydrogen-bond acceptors (Lipinski definition) is 6. The highest BCUT2D eigenvalue weighted by Gasteiger charge is 2.38. The number of amides is 1. The van der Waals surface area contributed by atoms with Gasteiger partial charge < -0.3 is 4.90 Å². The normalized spacial score (nSPS) is 17.4. The van der Waals surface area contributed by atoms with Crippen molar-refractivity contribution < 1.29 is 18.1 Å². The van der Waals surface area contributed by atoms with Crippen LogP contribution < -0.4 is 0 Å². The zero-order chi connectivity index (χ0) is 21.7. The molecular weight excluding hydrogens is 408 g/mol. The Morgan fingerprint density at radius 1 is 1.23 bits per heavy atom. The van der Waals surface area contributed by atoms with Gasteiger partial charge in [0.15, 0.2) is 0 Å². The SMILES string of the molecule is CN(CCc1ccccn1)C(=O)C1CCCCN1S(=O)(=O)c1ccc([N+](=O)[O-])cc1. The molecule has 0 radical (unpaired) electrons. The summed E-state index contributed by atoms with van der Waals surface area (Å²) in [7, 11) is -2.29. The largest absolute Gasteiger partial charge is 0.344 e. The van der Waals surface area contributed by atoms with E-state index < -0.39 is 21.0 Å². The standard InChI is InChI=1S/C20H24N4O5S/c1-22(15-12-16-6-2-4-13-21-16)20(25)19-7-3-5-14-23(19)30(28,29)18-10-8-17(9-11-18)24(26)27/h2,4,6,8-11,13,19H,3,5,7,12,14-15H2,1H3. The van der Waals surface area contributed by atoms with Crippen molar-refractivity contribution in [1.82, 2.24) is 14.2 Å². The lowest BCUT2D eigenvalue weighted by Crippen LogP contribution is -2.52. The Morgan fingerprint density at radius 2 is 1.97 bits per heavy atom. The van der Waals surface area contributed by atoms with Crippen molar-refractivity contribution in [2.24, 2.45) is 0 Å². The van der Waals surface area contributed by atoms with Gasteiger partial charge >= 0.3 is 0 Å². The van der Waals surface area contributed by atoms with Gasteiger partial charge in [-0.25, -0.2) is 8.42 Å². The second kappa shape index (κ2) is 9.31. The highest BCUT2D eigenvalue weighted by Crippen LogP contribution is 2.27. The van der Waals surface area contributed by atoms with Crippen molar-refractivity contribution in [3.05, 3.63) is 64.5 Å². The summed E-state index contributed by atoms with van der Waals surface area (Å²) in [6.45, 7) is 0.668. The van der Waals surface area contributed by atoms with Gasteiger partial charge in [-0.2, -0.15) is 4.31 Å². The number of non-ortho nitro benzene ring substituents is 1. The number of nitro benzene ring substituents is 1. The van der Waals surface area contributed by atoms with E-state index in [0.717, 1.165) is 24.2 Å². The number of hydrogen-bond donors (Lipinski definition) is 0. The number of likely N-dealkylation sites (N-methyl/N-ethyl adjacent to an activating group) is 1. The van der Waals surface area contributed by atoms with E-state index in [4.69, 9.17) is 0 Å². The van der Waals surface area contributed by atoms with Crippen LogP contribution >= 0.6 is 0 Å². The highest BCUT2D eigenvalue weighted by atomic mass is 32.2. The molecule has 0 N–H and O–H groups in total. The van der Waals surface area contributed by atoms with Gasteiger partial charge in [0.25, 0.3) is 5.69 Å². The van der Waals surface area contributed by atoms with E-state index >= 15 is 0 Å². The van der Waals surface area contributed by atoms with Crippen molar-refractivity contribution in [3.8, 4) is 0 Å². The van der Waals surface area contributed by atoms with Crippen LogP contribution in [0.5, 0.6) is 0 Å². The second-order valence-corrected chi connectivity index (χ2v) is 9.10. The molecule has 1 atom stereocenters. The van der Waals surface area contributed by atoms with E-state index in [1.165, 1.54) is 16.4 Å². The first kappa shape index (κ1) is 21.8. The molecule has 1 aliphatic rings. The van der Waals surface area contributed by atoms with Crippen LogP contribution in [-0.4, -0.2) is 59.6 Å². The minimum Gasteiger partial charge on any atom is -0.344 e. The quantitative estimate of drug-likeness (QED) is 0.490. The highest BCUT2D eigenvalue weighted by molar-refractivity contribution is 7.89. The summed E-state index contributed by atoms with van der Waals surface area (Å²) in [4.78, 5) is 29.0. The Bertz CT molecular complexity index is 996. The summed E-state index contributed by atoms with van der Waals surface area (Å²) < 4.78 is 27.6. The Balaban J connectivity index is 1.75. The summed E-state index contributed by atoms with van der Waals surface area (Å²) in [6.07, 6.45) is 4.13. The van der Waals surface area contributed by atoms with Crippen molar-refractivity contribution >= 4 is 21.6 Å². The van der Waals surface area contributed by atoms with Crippen LogP contribution in [0.1, 0.15) is 25.0 Å². The van der Waals surface area contributed by atoms with Gasteiger partial charge in [-0.3, -0.25) is 19.9 Å². The van der Waals surface area contributed by atoms with Crippen LogP contribution in [-0.2, 0) is 21.2 Å². The molecule has 1 amide bonds. The Morgan fingerprint density at radius 3 is 2.60 bits per heavy atom. The molecule has 1 saturated heterocycles. The Hall–Kier alpha value is -2.85. The summed E-state index contributed by atoms with van der Waals surface area (Å²) in [5, 5.41) is 10.8. The average molecular weight is 433 g/mol. The van der Waals surface area contributed by atoms with Crippen molar-refractivity contribution in [1.29, 1.82) is 0 Å². The summed E-state index contributed by atoms with van der Waals surface area (Å²) in [6, 6.07) is 9.55. The number of sulfonamides is 1. The molecule has 2 heterocycles. The second-order valence-electron chi connectivity index (χ2n) is 7.21. The summed E-state index contributed by atoms with van der Waals surface area (Å²) >= 11 is 0. The van der Waals surface area contributed by atoms with E-state index in [1.54, 1.807) is 18.1 Å². The Kier molecular flexibility index (Phi) is 6.78. The predicted octanol–water partition coefficient (Wildman–Crippen LogP) is 2.23. The van der Waals surface area contributed by atoms with Crippen molar-refractivity contribution in [2.45, 2.75) is 36.6 Å². The lowest BCUT2D eigenvalue weighted by atomic mass is 10.0. The van der Waals surface area contributed by atoms with Crippen LogP contribution in [0.15, 0.2) is 53.6 Å². The van der Waals surface area contributed by atoms with Crippen molar-refractivity contribution in [2.75, 3.05) is 20.1 Å². The van der Waals surface area contributed by atoms with Crippen LogP contribution in [0.3, 0.4) is 0 Å². The lowest BCUT2D eigenvalue weighted by Gasteiger charge is -2.35. The summed E-state index contributed by atoms with van der Waals surface area (Å²) in [5.41, 5.74) is 0.672. The van der Waals surface area contributed by atoms with E-state index in [1.807, 2.05) is 18.2 Å². The summed E-state index contributed by atoms with van der Waals surface area (Å²) in [5.74, 6) is -0.254. The maximum absolute atomic E-state index is 13.2. The first-order chi connectivity index (χ1) is 14.3. The molecule has 3 rings (SSSR count). The fraction of sp³-hybridized carbons (Fsp3) is 0.400. The zero-order valence-corrected chi connectivity index (χ0v) is 17.5. The van der Waals surface area contributed by atoms with Gasteiger partial charge in [-0.05, 0) is 37.1 Å². The molecule has 2 aromatic rings. The minimum atomic E-state index is -3.95. The number of rotatable bonds is 7. The van der Waals surface area contributed by atoms with Gasteiger partial charge in [0, 0.05) is 50.6 Å². The fourth-order valence-electron chi connectivity index (χ4n) is 3.51. The van der Waals surface area contributed by atoms with Gasteiger partial charge in [0.2, 0.25) is 15.9 Å². The molecule has 0 aliphatic carbocycles. The molecule has 9 nitrogen and oxygen atoms in total. The van der Waals surface area contributed by atoms with E-state index in [2.05, 4.69) is 4.98 Å². The maximum atomic E-state index is 13.2. The maximum Gasteiger partial charge on any atom is 0.269 e. The lowest BCUT2D eigenvalue weighted by molar-refractivity contribution is -0.384. The number of nitrogens with zero attached hydrogens (tertiary/aromatic N) is 4. The topological polar surface area (TPSA) is 114 Å². The van der Waals surface area contributed by atoms with Crippen LogP contribution in [0.4, 0.5) is 5.69 Å².